The first-order chi connectivity index (χ1) is 15.5. The molecule has 10 heteroatoms. The average Bonchev–Trinajstić information content (AvgIpc) is 3.19. The van der Waals surface area contributed by atoms with E-state index in [4.69, 9.17) is 4.74 Å². The van der Waals surface area contributed by atoms with Crippen molar-refractivity contribution < 1.29 is 23.0 Å². The molecule has 0 saturated heterocycles. The third-order valence-corrected chi connectivity index (χ3v) is 5.23. The monoisotopic (exact) mass is 456 g/mol. The van der Waals surface area contributed by atoms with Crippen molar-refractivity contribution in [3.8, 4) is 22.8 Å². The molecule has 2 aromatic carbocycles. The van der Waals surface area contributed by atoms with Crippen LogP contribution in [0.4, 0.5) is 14.5 Å². The van der Waals surface area contributed by atoms with Crippen LogP contribution in [-0.4, -0.2) is 36.6 Å². The third kappa shape index (κ3) is 4.92. The fourth-order valence-electron chi connectivity index (χ4n) is 2.96. The Bertz CT molecular complexity index is 1230. The lowest BCUT2D eigenvalue weighted by molar-refractivity contribution is -0.118. The number of thiazole rings is 1. The second-order valence-electron chi connectivity index (χ2n) is 6.58. The van der Waals surface area contributed by atoms with Crippen LogP contribution in [0.15, 0.2) is 70.6 Å². The number of nitrogens with zero attached hydrogens (tertiary/aromatic N) is 3. The van der Waals surface area contributed by atoms with Crippen LogP contribution < -0.4 is 19.6 Å². The van der Waals surface area contributed by atoms with E-state index in [1.165, 1.54) is 23.5 Å². The summed E-state index contributed by atoms with van der Waals surface area (Å²) in [5.74, 6) is 0.453. The highest BCUT2D eigenvalue weighted by Crippen LogP contribution is 2.32. The minimum absolute atomic E-state index is 0.0131. The van der Waals surface area contributed by atoms with Crippen molar-refractivity contribution in [3.05, 3.63) is 70.9 Å². The molecule has 3 aromatic rings. The zero-order valence-corrected chi connectivity index (χ0v) is 17.5. The van der Waals surface area contributed by atoms with Gasteiger partial charge in [-0.1, -0.05) is 6.08 Å². The van der Waals surface area contributed by atoms with Crippen molar-refractivity contribution in [2.75, 3.05) is 18.5 Å². The Hall–Kier alpha value is -3.79. The van der Waals surface area contributed by atoms with E-state index in [9.17, 15) is 13.6 Å². The maximum absolute atomic E-state index is 12.3. The van der Waals surface area contributed by atoms with Crippen molar-refractivity contribution in [1.29, 1.82) is 0 Å². The molecule has 7 nitrogen and oxygen atoms in total. The lowest BCUT2D eigenvalue weighted by Crippen LogP contribution is -2.25. The zero-order chi connectivity index (χ0) is 22.5. The smallest absolute Gasteiger partial charge is 0.387 e. The molecule has 4 rings (SSSR count). The number of halogens is 2. The fourth-order valence-corrected chi connectivity index (χ4v) is 3.81. The molecule has 1 aliphatic rings. The van der Waals surface area contributed by atoms with Gasteiger partial charge in [-0.3, -0.25) is 9.79 Å². The summed E-state index contributed by atoms with van der Waals surface area (Å²) >= 11 is 1.41. The van der Waals surface area contributed by atoms with Gasteiger partial charge in [0.05, 0.1) is 24.1 Å². The number of anilines is 1. The summed E-state index contributed by atoms with van der Waals surface area (Å²) in [7, 11) is 0. The standard InChI is InChI=1S/C22H18F2N4O3S/c1-2-9-25-22-28(26-11-14-3-6-16(7-4-14)31-21(23)24)18(13-32-22)15-5-8-19-17(10-15)27-20(29)12-30-19/h2-8,10-11,13,21H,1,9,12H2,(H,27,29)/b25-22?,26-11+. The van der Waals surface area contributed by atoms with Crippen molar-refractivity contribution in [1.82, 2.24) is 4.68 Å². The molecule has 0 unspecified atom stereocenters. The second-order valence-corrected chi connectivity index (χ2v) is 7.42. The van der Waals surface area contributed by atoms with Gasteiger partial charge in [0.1, 0.15) is 11.5 Å². The summed E-state index contributed by atoms with van der Waals surface area (Å²) in [5, 5.41) is 9.26. The SMILES string of the molecule is C=CCN=c1scc(-c2ccc3c(c2)NC(=O)CO3)n1/N=C/c1ccc(OC(F)F)cc1. The molecule has 164 valence electrons. The Morgan fingerprint density at radius 2 is 2.09 bits per heavy atom. The summed E-state index contributed by atoms with van der Waals surface area (Å²) in [4.78, 5) is 16.8. The van der Waals surface area contributed by atoms with Gasteiger partial charge < -0.3 is 14.8 Å². The highest BCUT2D eigenvalue weighted by molar-refractivity contribution is 7.07. The van der Waals surface area contributed by atoms with Gasteiger partial charge in [0.2, 0.25) is 4.80 Å². The van der Waals surface area contributed by atoms with E-state index in [1.54, 1.807) is 35.2 Å². The van der Waals surface area contributed by atoms with Crippen LogP contribution >= 0.6 is 11.3 Å². The number of alkyl halides is 2. The number of hydrogen-bond acceptors (Lipinski definition) is 6. The first-order valence-corrected chi connectivity index (χ1v) is 10.4. The van der Waals surface area contributed by atoms with Gasteiger partial charge in [0.15, 0.2) is 6.61 Å². The van der Waals surface area contributed by atoms with Crippen molar-refractivity contribution in [2.24, 2.45) is 10.1 Å². The predicted molar refractivity (Wildman–Crippen MR) is 119 cm³/mol. The number of hydrogen-bond donors (Lipinski definition) is 1. The molecule has 1 amide bonds. The first kappa shape index (κ1) is 21.4. The van der Waals surface area contributed by atoms with Gasteiger partial charge in [-0.2, -0.15) is 13.9 Å². The van der Waals surface area contributed by atoms with Crippen LogP contribution in [-0.2, 0) is 4.79 Å². The van der Waals surface area contributed by atoms with E-state index >= 15 is 0 Å². The van der Waals surface area contributed by atoms with Gasteiger partial charge >= 0.3 is 6.61 Å². The second kappa shape index (κ2) is 9.56. The molecule has 1 N–H and O–H groups in total. The summed E-state index contributed by atoms with van der Waals surface area (Å²) in [5.41, 5.74) is 2.84. The van der Waals surface area contributed by atoms with Gasteiger partial charge in [0.25, 0.3) is 5.91 Å². The van der Waals surface area contributed by atoms with Crippen LogP contribution in [0.2, 0.25) is 0 Å². The van der Waals surface area contributed by atoms with Crippen LogP contribution in [0.3, 0.4) is 0 Å². The lowest BCUT2D eigenvalue weighted by atomic mass is 10.1. The number of benzene rings is 2. The highest BCUT2D eigenvalue weighted by Gasteiger charge is 2.17. The van der Waals surface area contributed by atoms with Gasteiger partial charge in [-0.25, -0.2) is 4.68 Å². The molecule has 0 fully saturated rings. The topological polar surface area (TPSA) is 77.2 Å². The van der Waals surface area contributed by atoms with Crippen LogP contribution in [0.5, 0.6) is 11.5 Å². The number of carbonyl (C=O) groups is 1. The van der Waals surface area contributed by atoms with Gasteiger partial charge in [-0.15, -0.1) is 17.9 Å². The number of rotatable bonds is 7. The first-order valence-electron chi connectivity index (χ1n) is 9.52. The number of amides is 1. The largest absolute Gasteiger partial charge is 0.482 e. The Morgan fingerprint density at radius 3 is 2.84 bits per heavy atom. The predicted octanol–water partition coefficient (Wildman–Crippen LogP) is 4.12. The van der Waals surface area contributed by atoms with E-state index in [0.29, 0.717) is 28.3 Å². The molecular weight excluding hydrogens is 438 g/mol. The molecule has 2 heterocycles. The zero-order valence-electron chi connectivity index (χ0n) is 16.7. The van der Waals surface area contributed by atoms with E-state index < -0.39 is 6.61 Å². The number of carbonyl (C=O) groups excluding carboxylic acids is 1. The van der Waals surface area contributed by atoms with E-state index in [0.717, 1.165) is 11.3 Å². The maximum atomic E-state index is 12.3. The average molecular weight is 456 g/mol. The lowest BCUT2D eigenvalue weighted by Gasteiger charge is -2.18. The molecule has 0 atom stereocenters. The maximum Gasteiger partial charge on any atom is 0.387 e. The molecule has 0 aliphatic carbocycles. The molecule has 0 radical (unpaired) electrons. The van der Waals surface area contributed by atoms with Gasteiger partial charge in [-0.05, 0) is 48.0 Å². The van der Waals surface area contributed by atoms with Crippen LogP contribution in [0.1, 0.15) is 5.56 Å². The number of ether oxygens (including phenoxy) is 2. The summed E-state index contributed by atoms with van der Waals surface area (Å²) in [6.07, 6.45) is 3.28. The van der Waals surface area contributed by atoms with Crippen molar-refractivity contribution >= 4 is 29.1 Å². The van der Waals surface area contributed by atoms with Crippen LogP contribution in [0.25, 0.3) is 11.3 Å². The molecule has 0 bridgehead atoms. The molecule has 32 heavy (non-hydrogen) atoms. The highest BCUT2D eigenvalue weighted by atomic mass is 32.1. The third-order valence-electron chi connectivity index (χ3n) is 4.38. The van der Waals surface area contributed by atoms with E-state index in [2.05, 4.69) is 26.7 Å². The minimum Gasteiger partial charge on any atom is -0.482 e. The van der Waals surface area contributed by atoms with E-state index in [-0.39, 0.29) is 18.3 Å². The number of fused-ring (bicyclic) bond motifs is 1. The summed E-state index contributed by atoms with van der Waals surface area (Å²) in [6.45, 7) is 1.22. The Morgan fingerprint density at radius 1 is 1.28 bits per heavy atom. The van der Waals surface area contributed by atoms with E-state index in [1.807, 2.05) is 17.5 Å². The molecule has 1 aromatic heterocycles. The Labute approximate surface area is 186 Å². The normalized spacial score (nSPS) is 13.7. The number of nitrogens with one attached hydrogen (secondary N) is 1. The van der Waals surface area contributed by atoms with Crippen LogP contribution in [0, 0.1) is 0 Å². The minimum atomic E-state index is -2.88. The molecular formula is C22H18F2N4O3S. The van der Waals surface area contributed by atoms with Gasteiger partial charge in [0, 0.05) is 10.9 Å². The van der Waals surface area contributed by atoms with Crippen molar-refractivity contribution in [2.45, 2.75) is 6.61 Å². The molecule has 0 spiro atoms. The molecule has 1 aliphatic heterocycles. The number of aromatic nitrogens is 1. The van der Waals surface area contributed by atoms with Crippen molar-refractivity contribution in [3.63, 3.8) is 0 Å². The summed E-state index contributed by atoms with van der Waals surface area (Å²) < 4.78 is 36.1. The molecule has 0 saturated carbocycles. The fraction of sp³-hybridized carbons (Fsp3) is 0.136. The summed E-state index contributed by atoms with van der Waals surface area (Å²) in [6, 6.07) is 11.6. The Balaban J connectivity index is 1.69. The quantitative estimate of drug-likeness (QED) is 0.429. The Kier molecular flexibility index (Phi) is 6.41.